The number of nitrogens with zero attached hydrogens (tertiary/aromatic N) is 5. The van der Waals surface area contributed by atoms with Crippen molar-refractivity contribution >= 4 is 33.8 Å². The third-order valence-electron chi connectivity index (χ3n) is 9.07. The number of rotatable bonds is 11. The Morgan fingerprint density at radius 3 is 2.25 bits per heavy atom. The van der Waals surface area contributed by atoms with E-state index in [4.69, 9.17) is 9.47 Å². The maximum atomic E-state index is 14.5. The van der Waals surface area contributed by atoms with Crippen LogP contribution in [0.5, 0.6) is 5.75 Å². The predicted molar refractivity (Wildman–Crippen MR) is 193 cm³/mol. The summed E-state index contributed by atoms with van der Waals surface area (Å²) in [5.41, 5.74) is -2.66. The number of alkyl carbamates (subject to hydrolysis) is 1. The normalized spacial score (nSPS) is 21.9. The van der Waals surface area contributed by atoms with Gasteiger partial charge in [-0.05, 0) is 74.2 Å². The number of benzene rings is 2. The first-order valence-corrected chi connectivity index (χ1v) is 18.6. The molecule has 5 atom stereocenters. The van der Waals surface area contributed by atoms with Crippen molar-refractivity contribution in [3.63, 3.8) is 0 Å². The highest BCUT2D eigenvalue weighted by Crippen LogP contribution is 2.45. The molecule has 0 unspecified atom stereocenters. The molecule has 2 aromatic carbocycles. The number of carbonyl (C=O) groups is 4. The number of aromatic nitrogens is 4. The standard InChI is InChI=1S/C36H46N8O8S/c1-9-23-20-36(23,32(47)41-53(49,50)26-13-11-10-12-14-26)38-30(45)27-19-24(44-40-29(39-42-44)22-15-17-25(51-8)18-16-22)21-43(27)31(46)28(34(2,3)4)37-33(48)52-35(5,6)7/h9-18,23-24,27-28H,1,19-21H2,2-8H3,(H,37,48)(H,38,45)(H,41,47)/t23-,24-,27+,28-,36-/m1/s1. The molecule has 1 saturated carbocycles. The summed E-state index contributed by atoms with van der Waals surface area (Å²) in [4.78, 5) is 57.9. The number of carbonyl (C=O) groups excluding carboxylic acids is 4. The summed E-state index contributed by atoms with van der Waals surface area (Å²) >= 11 is 0. The monoisotopic (exact) mass is 750 g/mol. The maximum Gasteiger partial charge on any atom is 0.408 e. The highest BCUT2D eigenvalue weighted by atomic mass is 32.2. The average molecular weight is 751 g/mol. The van der Waals surface area contributed by atoms with Crippen LogP contribution in [-0.4, -0.2) is 94.2 Å². The number of likely N-dealkylation sites (tertiary alicyclic amines) is 1. The van der Waals surface area contributed by atoms with Crippen molar-refractivity contribution in [3.05, 3.63) is 67.3 Å². The number of hydrogen-bond acceptors (Lipinski definition) is 11. The summed E-state index contributed by atoms with van der Waals surface area (Å²) in [7, 11) is -2.72. The van der Waals surface area contributed by atoms with E-state index in [1.165, 1.54) is 40.0 Å². The number of amides is 4. The molecule has 1 aliphatic carbocycles. The molecule has 0 bridgehead atoms. The first-order valence-electron chi connectivity index (χ1n) is 17.1. The lowest BCUT2D eigenvalue weighted by molar-refractivity contribution is -0.143. The molecule has 1 aromatic heterocycles. The molecule has 284 valence electrons. The van der Waals surface area contributed by atoms with E-state index in [1.54, 1.807) is 79.0 Å². The van der Waals surface area contributed by atoms with E-state index in [2.05, 4.69) is 37.3 Å². The summed E-state index contributed by atoms with van der Waals surface area (Å²) in [6.45, 7) is 14.1. The van der Waals surface area contributed by atoms with E-state index < -0.39 is 74.4 Å². The Kier molecular flexibility index (Phi) is 10.7. The number of ether oxygens (including phenoxy) is 2. The molecule has 17 heteroatoms. The molecular formula is C36H46N8O8S. The number of sulfonamides is 1. The molecule has 0 spiro atoms. The Labute approximate surface area is 308 Å². The lowest BCUT2D eigenvalue weighted by Crippen LogP contribution is -2.60. The van der Waals surface area contributed by atoms with Crippen LogP contribution < -0.4 is 20.1 Å². The minimum Gasteiger partial charge on any atom is -0.497 e. The highest BCUT2D eigenvalue weighted by molar-refractivity contribution is 7.90. The largest absolute Gasteiger partial charge is 0.497 e. The van der Waals surface area contributed by atoms with Crippen molar-refractivity contribution in [2.45, 2.75) is 88.5 Å². The van der Waals surface area contributed by atoms with Gasteiger partial charge < -0.3 is 25.0 Å². The van der Waals surface area contributed by atoms with Crippen LogP contribution in [0.2, 0.25) is 0 Å². The van der Waals surface area contributed by atoms with Crippen molar-refractivity contribution in [1.82, 2.24) is 40.5 Å². The molecule has 3 aromatic rings. The second-order valence-corrected chi connectivity index (χ2v) is 16.9. The molecule has 4 amide bonds. The minimum absolute atomic E-state index is 0.0120. The van der Waals surface area contributed by atoms with Gasteiger partial charge in [0.25, 0.3) is 15.9 Å². The maximum absolute atomic E-state index is 14.5. The molecule has 16 nitrogen and oxygen atoms in total. The van der Waals surface area contributed by atoms with Crippen LogP contribution in [0.3, 0.4) is 0 Å². The summed E-state index contributed by atoms with van der Waals surface area (Å²) in [5, 5.41) is 18.4. The Morgan fingerprint density at radius 1 is 1.02 bits per heavy atom. The summed E-state index contributed by atoms with van der Waals surface area (Å²) in [5.74, 6) is -1.86. The predicted octanol–water partition coefficient (Wildman–Crippen LogP) is 3.00. The fourth-order valence-corrected chi connectivity index (χ4v) is 7.22. The van der Waals surface area contributed by atoms with Gasteiger partial charge >= 0.3 is 6.09 Å². The van der Waals surface area contributed by atoms with Gasteiger partial charge in [-0.2, -0.15) is 4.80 Å². The molecule has 5 rings (SSSR count). The van der Waals surface area contributed by atoms with Crippen LogP contribution >= 0.6 is 0 Å². The van der Waals surface area contributed by atoms with Gasteiger partial charge in [0, 0.05) is 24.4 Å². The van der Waals surface area contributed by atoms with E-state index in [1.807, 2.05) is 0 Å². The van der Waals surface area contributed by atoms with Crippen molar-refractivity contribution < 1.29 is 37.1 Å². The van der Waals surface area contributed by atoms with E-state index in [0.717, 1.165) is 0 Å². The van der Waals surface area contributed by atoms with E-state index in [-0.39, 0.29) is 24.3 Å². The SMILES string of the molecule is C=C[C@@H]1C[C@]1(NC(=O)[C@@H]1C[C@@H](n2nnc(-c3ccc(OC)cc3)n2)CN1C(=O)[C@@H](NC(=O)OC(C)(C)C)C(C)(C)C)C(=O)NS(=O)(=O)c1ccccc1. The van der Waals surface area contributed by atoms with Crippen molar-refractivity contribution in [1.29, 1.82) is 0 Å². The Balaban J connectivity index is 1.45. The van der Waals surface area contributed by atoms with Gasteiger partial charge in [-0.3, -0.25) is 14.4 Å². The van der Waals surface area contributed by atoms with Crippen molar-refractivity contribution in [2.24, 2.45) is 11.3 Å². The number of nitrogens with one attached hydrogen (secondary N) is 3. The number of hydrogen-bond donors (Lipinski definition) is 3. The van der Waals surface area contributed by atoms with Gasteiger partial charge in [0.15, 0.2) is 0 Å². The lowest BCUT2D eigenvalue weighted by atomic mass is 9.85. The van der Waals surface area contributed by atoms with Crippen molar-refractivity contribution in [2.75, 3.05) is 13.7 Å². The Bertz CT molecular complexity index is 1970. The van der Waals surface area contributed by atoms with Gasteiger partial charge in [-0.25, -0.2) is 17.9 Å². The number of methoxy groups -OCH3 is 1. The molecule has 53 heavy (non-hydrogen) atoms. The molecule has 2 fully saturated rings. The van der Waals surface area contributed by atoms with Gasteiger partial charge in [0.2, 0.25) is 17.6 Å². The van der Waals surface area contributed by atoms with Crippen molar-refractivity contribution in [3.8, 4) is 17.1 Å². The average Bonchev–Trinajstić information content (AvgIpc) is 3.39. The highest BCUT2D eigenvalue weighted by Gasteiger charge is 2.61. The quantitative estimate of drug-likeness (QED) is 0.243. The zero-order valence-corrected chi connectivity index (χ0v) is 31.6. The molecule has 2 heterocycles. The van der Waals surface area contributed by atoms with Crippen LogP contribution in [0.15, 0.2) is 72.1 Å². The molecule has 3 N–H and O–H groups in total. The summed E-state index contributed by atoms with van der Waals surface area (Å²) in [6, 6.07) is 11.4. The molecule has 2 aliphatic rings. The Hall–Kier alpha value is -5.32. The zero-order valence-electron chi connectivity index (χ0n) is 30.8. The number of tetrazole rings is 1. The fourth-order valence-electron chi connectivity index (χ4n) is 6.16. The fraction of sp³-hybridized carbons (Fsp3) is 0.472. The second-order valence-electron chi connectivity index (χ2n) is 15.3. The van der Waals surface area contributed by atoms with Gasteiger partial charge in [-0.1, -0.05) is 45.0 Å². The zero-order chi connectivity index (χ0) is 38.9. The van der Waals surface area contributed by atoms with Crippen LogP contribution in [-0.2, 0) is 29.1 Å². The van der Waals surface area contributed by atoms with Gasteiger partial charge in [0.1, 0.15) is 29.0 Å². The van der Waals surface area contributed by atoms with Crippen LogP contribution in [0.4, 0.5) is 4.79 Å². The first-order chi connectivity index (χ1) is 24.8. The van der Waals surface area contributed by atoms with E-state index >= 15 is 0 Å². The minimum atomic E-state index is -4.27. The summed E-state index contributed by atoms with van der Waals surface area (Å²) < 4.78 is 38.9. The van der Waals surface area contributed by atoms with Gasteiger partial charge in [0.05, 0.1) is 18.0 Å². The third kappa shape index (κ3) is 8.67. The second kappa shape index (κ2) is 14.6. The summed E-state index contributed by atoms with van der Waals surface area (Å²) in [6.07, 6.45) is 0.753. The lowest BCUT2D eigenvalue weighted by Gasteiger charge is -2.36. The van der Waals surface area contributed by atoms with Gasteiger partial charge in [-0.15, -0.1) is 16.8 Å². The van der Waals surface area contributed by atoms with Crippen LogP contribution in [0.25, 0.3) is 11.4 Å². The molecule has 1 saturated heterocycles. The smallest absolute Gasteiger partial charge is 0.408 e. The molecule has 0 radical (unpaired) electrons. The topological polar surface area (TPSA) is 204 Å². The Morgan fingerprint density at radius 2 is 1.68 bits per heavy atom. The molecular weight excluding hydrogens is 705 g/mol. The van der Waals surface area contributed by atoms with Crippen LogP contribution in [0.1, 0.15) is 60.4 Å². The first kappa shape index (κ1) is 38.9. The van der Waals surface area contributed by atoms with E-state index in [9.17, 15) is 27.6 Å². The molecule has 1 aliphatic heterocycles. The van der Waals surface area contributed by atoms with Crippen LogP contribution in [0, 0.1) is 11.3 Å². The third-order valence-corrected chi connectivity index (χ3v) is 10.4. The van der Waals surface area contributed by atoms with E-state index in [0.29, 0.717) is 17.1 Å².